The second kappa shape index (κ2) is 8.89. The van der Waals surface area contributed by atoms with Crippen LogP contribution in [0.3, 0.4) is 0 Å². The van der Waals surface area contributed by atoms with Crippen LogP contribution in [0.5, 0.6) is 0 Å². The summed E-state index contributed by atoms with van der Waals surface area (Å²) in [6.45, 7) is 0.202. The predicted molar refractivity (Wildman–Crippen MR) is 116 cm³/mol. The molecular formula is C19H14Cl2N2O2S2. The Morgan fingerprint density at radius 1 is 1.19 bits per heavy atom. The third-order valence-corrected chi connectivity index (χ3v) is 5.66. The Bertz CT molecular complexity index is 933. The average Bonchev–Trinajstić information content (AvgIpc) is 2.90. The third kappa shape index (κ3) is 5.11. The monoisotopic (exact) mass is 436 g/mol. The van der Waals surface area contributed by atoms with Gasteiger partial charge >= 0.3 is 0 Å². The molecule has 1 N–H and O–H groups in total. The standard InChI is InChI=1S/C19H14Cl2N2O2S2/c20-13-6-7-15(14(21)11-13)22-17(24)8-9-23-18(25)16(27-19(23)26)10-12-4-2-1-3-5-12/h1-7,10-11H,8-9H2,(H,22,24). The SMILES string of the molecule is O=C(CCN1C(=O)C(=Cc2ccccc2)SC1=S)Nc1ccc(Cl)cc1Cl. The van der Waals surface area contributed by atoms with Crippen molar-refractivity contribution in [3.63, 3.8) is 0 Å². The maximum atomic E-state index is 12.6. The number of anilines is 1. The number of hydrogen-bond acceptors (Lipinski definition) is 4. The van der Waals surface area contributed by atoms with Gasteiger partial charge in [0.2, 0.25) is 5.91 Å². The van der Waals surface area contributed by atoms with Crippen LogP contribution in [-0.4, -0.2) is 27.6 Å². The molecule has 0 aliphatic carbocycles. The number of thiocarbonyl (C=S) groups is 1. The number of benzene rings is 2. The first-order valence-corrected chi connectivity index (χ1v) is 9.97. The number of thioether (sulfide) groups is 1. The quantitative estimate of drug-likeness (QED) is 0.515. The minimum atomic E-state index is -0.264. The van der Waals surface area contributed by atoms with Gasteiger partial charge in [-0.1, -0.05) is 77.5 Å². The van der Waals surface area contributed by atoms with Crippen molar-refractivity contribution in [1.82, 2.24) is 4.90 Å². The van der Waals surface area contributed by atoms with E-state index < -0.39 is 0 Å². The largest absolute Gasteiger partial charge is 0.325 e. The Morgan fingerprint density at radius 2 is 1.93 bits per heavy atom. The summed E-state index contributed by atoms with van der Waals surface area (Å²) in [6.07, 6.45) is 1.90. The Morgan fingerprint density at radius 3 is 2.63 bits per heavy atom. The van der Waals surface area contributed by atoms with Crippen molar-refractivity contribution in [1.29, 1.82) is 0 Å². The zero-order chi connectivity index (χ0) is 19.4. The highest BCUT2D eigenvalue weighted by Crippen LogP contribution is 2.32. The Labute approximate surface area is 176 Å². The molecule has 2 aromatic rings. The van der Waals surface area contributed by atoms with Gasteiger partial charge in [0.05, 0.1) is 15.6 Å². The second-order valence-corrected chi connectivity index (χ2v) is 8.19. The fourth-order valence-electron chi connectivity index (χ4n) is 2.41. The summed E-state index contributed by atoms with van der Waals surface area (Å²) in [5.41, 5.74) is 1.40. The Kier molecular flexibility index (Phi) is 6.55. The van der Waals surface area contributed by atoms with Crippen molar-refractivity contribution in [3.8, 4) is 0 Å². The van der Waals surface area contributed by atoms with Crippen molar-refractivity contribution in [2.45, 2.75) is 6.42 Å². The topological polar surface area (TPSA) is 49.4 Å². The number of amides is 2. The molecule has 1 heterocycles. The van der Waals surface area contributed by atoms with Crippen molar-refractivity contribution in [2.75, 3.05) is 11.9 Å². The van der Waals surface area contributed by atoms with E-state index in [-0.39, 0.29) is 24.8 Å². The van der Waals surface area contributed by atoms with Crippen LogP contribution in [0.2, 0.25) is 10.0 Å². The molecule has 0 atom stereocenters. The predicted octanol–water partition coefficient (Wildman–Crippen LogP) is 5.22. The van der Waals surface area contributed by atoms with Crippen LogP contribution in [0.25, 0.3) is 6.08 Å². The van der Waals surface area contributed by atoms with E-state index in [4.69, 9.17) is 35.4 Å². The minimum Gasteiger partial charge on any atom is -0.325 e. The maximum Gasteiger partial charge on any atom is 0.266 e. The van der Waals surface area contributed by atoms with E-state index in [0.717, 1.165) is 5.56 Å². The molecule has 0 unspecified atom stereocenters. The van der Waals surface area contributed by atoms with Crippen molar-refractivity contribution in [2.24, 2.45) is 0 Å². The van der Waals surface area contributed by atoms with Gasteiger partial charge in [0.25, 0.3) is 5.91 Å². The Balaban J connectivity index is 1.60. The molecule has 1 fully saturated rings. The molecule has 1 saturated heterocycles. The molecule has 0 radical (unpaired) electrons. The molecule has 27 heavy (non-hydrogen) atoms. The summed E-state index contributed by atoms with van der Waals surface area (Å²) in [5, 5.41) is 3.55. The van der Waals surface area contributed by atoms with Crippen molar-refractivity contribution >= 4 is 75.1 Å². The summed E-state index contributed by atoms with van der Waals surface area (Å²) in [6, 6.07) is 14.4. The number of carbonyl (C=O) groups excluding carboxylic acids is 2. The van der Waals surface area contributed by atoms with Crippen LogP contribution in [0.1, 0.15) is 12.0 Å². The first-order chi connectivity index (χ1) is 12.9. The van der Waals surface area contributed by atoms with E-state index in [1.807, 2.05) is 30.3 Å². The number of halogens is 2. The lowest BCUT2D eigenvalue weighted by Gasteiger charge is -2.14. The highest BCUT2D eigenvalue weighted by atomic mass is 35.5. The van der Waals surface area contributed by atoms with Crippen LogP contribution in [-0.2, 0) is 9.59 Å². The lowest BCUT2D eigenvalue weighted by Crippen LogP contribution is -2.31. The summed E-state index contributed by atoms with van der Waals surface area (Å²) >= 11 is 18.4. The molecule has 1 aliphatic heterocycles. The zero-order valence-corrected chi connectivity index (χ0v) is 17.1. The lowest BCUT2D eigenvalue weighted by atomic mass is 10.2. The molecule has 2 aromatic carbocycles. The minimum absolute atomic E-state index is 0.101. The summed E-state index contributed by atoms with van der Waals surface area (Å²) < 4.78 is 0.444. The van der Waals surface area contributed by atoms with Crippen LogP contribution >= 0.6 is 47.2 Å². The fourth-order valence-corrected chi connectivity index (χ4v) is 4.17. The summed E-state index contributed by atoms with van der Waals surface area (Å²) in [7, 11) is 0. The molecule has 4 nitrogen and oxygen atoms in total. The molecule has 0 bridgehead atoms. The maximum absolute atomic E-state index is 12.6. The number of nitrogens with zero attached hydrogens (tertiary/aromatic N) is 1. The molecule has 1 aliphatic rings. The van der Waals surface area contributed by atoms with E-state index in [1.165, 1.54) is 16.7 Å². The third-order valence-electron chi connectivity index (χ3n) is 3.74. The molecule has 0 spiro atoms. The first kappa shape index (κ1) is 19.9. The van der Waals surface area contributed by atoms with Crippen molar-refractivity contribution in [3.05, 3.63) is 69.0 Å². The molecule has 0 saturated carbocycles. The van der Waals surface area contributed by atoms with Gasteiger partial charge in [-0.25, -0.2) is 0 Å². The molecular weight excluding hydrogens is 423 g/mol. The highest BCUT2D eigenvalue weighted by molar-refractivity contribution is 8.26. The zero-order valence-electron chi connectivity index (χ0n) is 13.9. The van der Waals surface area contributed by atoms with Gasteiger partial charge < -0.3 is 5.32 Å². The van der Waals surface area contributed by atoms with Crippen LogP contribution in [0.15, 0.2) is 53.4 Å². The summed E-state index contributed by atoms with van der Waals surface area (Å²) in [4.78, 5) is 26.7. The van der Waals surface area contributed by atoms with Gasteiger partial charge in [-0.3, -0.25) is 14.5 Å². The van der Waals surface area contributed by atoms with E-state index in [9.17, 15) is 9.59 Å². The van der Waals surface area contributed by atoms with Gasteiger partial charge in [0, 0.05) is 18.0 Å². The van der Waals surface area contributed by atoms with Crippen molar-refractivity contribution < 1.29 is 9.59 Å². The molecule has 0 aromatic heterocycles. The first-order valence-electron chi connectivity index (χ1n) is 7.99. The van der Waals surface area contributed by atoms with E-state index in [0.29, 0.717) is 25.0 Å². The molecule has 2 amide bonds. The molecule has 8 heteroatoms. The number of carbonyl (C=O) groups is 2. The second-order valence-electron chi connectivity index (χ2n) is 5.67. The van der Waals surface area contributed by atoms with E-state index in [1.54, 1.807) is 24.3 Å². The number of hydrogen-bond donors (Lipinski definition) is 1. The van der Waals surface area contributed by atoms with Gasteiger partial charge in [0.1, 0.15) is 4.32 Å². The van der Waals surface area contributed by atoms with E-state index >= 15 is 0 Å². The van der Waals surface area contributed by atoms with Gasteiger partial charge in [0.15, 0.2) is 0 Å². The summed E-state index contributed by atoms with van der Waals surface area (Å²) in [5.74, 6) is -0.452. The smallest absolute Gasteiger partial charge is 0.266 e. The van der Waals surface area contributed by atoms with Gasteiger partial charge in [-0.2, -0.15) is 0 Å². The molecule has 138 valence electrons. The Hall–Kier alpha value is -1.86. The van der Waals surface area contributed by atoms with Gasteiger partial charge in [-0.15, -0.1) is 0 Å². The average molecular weight is 437 g/mol. The van der Waals surface area contributed by atoms with Gasteiger partial charge in [-0.05, 0) is 29.8 Å². The molecule has 3 rings (SSSR count). The van der Waals surface area contributed by atoms with E-state index in [2.05, 4.69) is 5.32 Å². The number of rotatable bonds is 5. The fraction of sp³-hybridized carbons (Fsp3) is 0.105. The number of nitrogens with one attached hydrogen (secondary N) is 1. The van der Waals surface area contributed by atoms with Crippen LogP contribution in [0.4, 0.5) is 5.69 Å². The normalized spacial score (nSPS) is 15.5. The van der Waals surface area contributed by atoms with Crippen LogP contribution in [0, 0.1) is 0 Å². The lowest BCUT2D eigenvalue weighted by molar-refractivity contribution is -0.122. The van der Waals surface area contributed by atoms with Crippen LogP contribution < -0.4 is 5.32 Å². The highest BCUT2D eigenvalue weighted by Gasteiger charge is 2.32.